The minimum absolute atomic E-state index is 0.273. The number of benzene rings is 1. The van der Waals surface area contributed by atoms with E-state index in [0.717, 1.165) is 31.9 Å². The Kier molecular flexibility index (Phi) is 4.88. The van der Waals surface area contributed by atoms with Crippen molar-refractivity contribution in [3.63, 3.8) is 0 Å². The molecule has 1 saturated heterocycles. The van der Waals surface area contributed by atoms with Crippen LogP contribution in [-0.2, 0) is 10.2 Å². The lowest BCUT2D eigenvalue weighted by Crippen LogP contribution is -2.43. The Labute approximate surface area is 113 Å². The van der Waals surface area contributed by atoms with Gasteiger partial charge in [0.15, 0.2) is 0 Å². The Morgan fingerprint density at radius 2 is 2.00 bits per heavy atom. The molecule has 2 rings (SSSR count). The summed E-state index contributed by atoms with van der Waals surface area (Å²) in [4.78, 5) is 0. The second-order valence-electron chi connectivity index (χ2n) is 5.19. The van der Waals surface area contributed by atoms with Crippen molar-refractivity contribution in [1.29, 1.82) is 0 Å². The molecule has 0 unspecified atom stereocenters. The molecule has 0 atom stereocenters. The molecule has 0 aliphatic carbocycles. The highest BCUT2D eigenvalue weighted by molar-refractivity contribution is 5.29. The lowest BCUT2D eigenvalue weighted by molar-refractivity contribution is 0.0487. The summed E-state index contributed by atoms with van der Waals surface area (Å²) in [6, 6.07) is 3.91. The molecule has 0 radical (unpaired) electrons. The lowest BCUT2D eigenvalue weighted by atomic mass is 9.73. The average Bonchev–Trinajstić information content (AvgIpc) is 2.40. The molecule has 0 saturated carbocycles. The first-order chi connectivity index (χ1) is 9.18. The Hall–Kier alpha value is -1.00. The zero-order valence-corrected chi connectivity index (χ0v) is 11.3. The van der Waals surface area contributed by atoms with Crippen molar-refractivity contribution in [3.8, 4) is 0 Å². The van der Waals surface area contributed by atoms with Crippen LogP contribution >= 0.6 is 0 Å². The number of rotatable bonds is 5. The van der Waals surface area contributed by atoms with Crippen molar-refractivity contribution in [3.05, 3.63) is 35.4 Å². The van der Waals surface area contributed by atoms with Crippen molar-refractivity contribution in [2.45, 2.75) is 31.6 Å². The molecule has 19 heavy (non-hydrogen) atoms. The normalized spacial score (nSPS) is 18.5. The zero-order chi connectivity index (χ0) is 13.7. The number of hydrogen-bond donors (Lipinski definition) is 1. The van der Waals surface area contributed by atoms with Crippen molar-refractivity contribution < 1.29 is 13.5 Å². The Bertz CT molecular complexity index is 417. The van der Waals surface area contributed by atoms with E-state index >= 15 is 0 Å². The number of halogens is 2. The van der Waals surface area contributed by atoms with E-state index in [0.29, 0.717) is 25.3 Å². The molecular weight excluding hydrogens is 248 g/mol. The number of ether oxygens (including phenoxy) is 1. The van der Waals surface area contributed by atoms with Gasteiger partial charge in [0, 0.05) is 31.2 Å². The van der Waals surface area contributed by atoms with E-state index in [2.05, 4.69) is 12.2 Å². The second kappa shape index (κ2) is 6.44. The third kappa shape index (κ3) is 3.31. The van der Waals surface area contributed by atoms with E-state index in [1.807, 2.05) is 0 Å². The molecule has 0 amide bonds. The first-order valence-corrected chi connectivity index (χ1v) is 6.92. The topological polar surface area (TPSA) is 21.3 Å². The van der Waals surface area contributed by atoms with Crippen molar-refractivity contribution >= 4 is 0 Å². The Morgan fingerprint density at radius 1 is 1.26 bits per heavy atom. The highest BCUT2D eigenvalue weighted by atomic mass is 19.1. The molecule has 2 nitrogen and oxygen atoms in total. The monoisotopic (exact) mass is 269 g/mol. The van der Waals surface area contributed by atoms with Crippen molar-refractivity contribution in [2.75, 3.05) is 26.3 Å². The van der Waals surface area contributed by atoms with Crippen LogP contribution in [0.5, 0.6) is 0 Å². The summed E-state index contributed by atoms with van der Waals surface area (Å²) in [5, 5.41) is 3.37. The minimum Gasteiger partial charge on any atom is -0.381 e. The quantitative estimate of drug-likeness (QED) is 0.830. The van der Waals surface area contributed by atoms with Gasteiger partial charge in [0.05, 0.1) is 0 Å². The van der Waals surface area contributed by atoms with Crippen LogP contribution in [0.4, 0.5) is 8.78 Å². The van der Waals surface area contributed by atoms with Gasteiger partial charge in [-0.2, -0.15) is 0 Å². The maximum Gasteiger partial charge on any atom is 0.129 e. The van der Waals surface area contributed by atoms with Crippen LogP contribution in [0, 0.1) is 11.6 Å². The van der Waals surface area contributed by atoms with Gasteiger partial charge < -0.3 is 10.1 Å². The Balaban J connectivity index is 2.25. The summed E-state index contributed by atoms with van der Waals surface area (Å²) in [6.07, 6.45) is 2.58. The van der Waals surface area contributed by atoms with Gasteiger partial charge in [-0.3, -0.25) is 0 Å². The van der Waals surface area contributed by atoms with E-state index in [1.165, 1.54) is 6.07 Å². The molecule has 4 heteroatoms. The van der Waals surface area contributed by atoms with Crippen LogP contribution in [0.2, 0.25) is 0 Å². The van der Waals surface area contributed by atoms with Crippen molar-refractivity contribution in [1.82, 2.24) is 5.32 Å². The fourth-order valence-corrected chi connectivity index (χ4v) is 2.73. The predicted molar refractivity (Wildman–Crippen MR) is 71.2 cm³/mol. The number of hydrogen-bond acceptors (Lipinski definition) is 2. The molecule has 106 valence electrons. The predicted octanol–water partition coefficient (Wildman–Crippen LogP) is 3.01. The summed E-state index contributed by atoms with van der Waals surface area (Å²) in [6.45, 7) is 4.98. The maximum absolute atomic E-state index is 14.1. The minimum atomic E-state index is -0.523. The first kappa shape index (κ1) is 14.4. The van der Waals surface area contributed by atoms with E-state index in [1.54, 1.807) is 6.07 Å². The third-order valence-electron chi connectivity index (χ3n) is 3.84. The maximum atomic E-state index is 14.1. The third-order valence-corrected chi connectivity index (χ3v) is 3.84. The first-order valence-electron chi connectivity index (χ1n) is 6.92. The van der Waals surface area contributed by atoms with Crippen LogP contribution in [0.25, 0.3) is 0 Å². The van der Waals surface area contributed by atoms with Gasteiger partial charge in [-0.25, -0.2) is 8.78 Å². The summed E-state index contributed by atoms with van der Waals surface area (Å²) >= 11 is 0. The zero-order valence-electron chi connectivity index (χ0n) is 11.3. The van der Waals surface area contributed by atoms with E-state index in [-0.39, 0.29) is 5.41 Å². The van der Waals surface area contributed by atoms with Crippen LogP contribution in [-0.4, -0.2) is 26.3 Å². The van der Waals surface area contributed by atoms with Gasteiger partial charge >= 0.3 is 0 Å². The molecule has 1 aliphatic rings. The largest absolute Gasteiger partial charge is 0.381 e. The Morgan fingerprint density at radius 3 is 2.63 bits per heavy atom. The highest BCUT2D eigenvalue weighted by Gasteiger charge is 2.36. The molecular formula is C15H21F2NO. The van der Waals surface area contributed by atoms with Gasteiger partial charge in [-0.05, 0) is 37.4 Å². The summed E-state index contributed by atoms with van der Waals surface area (Å²) in [5.74, 6) is -0.967. The summed E-state index contributed by atoms with van der Waals surface area (Å²) < 4.78 is 32.5. The molecule has 1 aliphatic heterocycles. The van der Waals surface area contributed by atoms with Gasteiger partial charge in [0.1, 0.15) is 11.6 Å². The molecule has 1 aromatic carbocycles. The van der Waals surface area contributed by atoms with Crippen LogP contribution in [0.15, 0.2) is 18.2 Å². The van der Waals surface area contributed by atoms with Gasteiger partial charge in [-0.1, -0.05) is 13.0 Å². The fourth-order valence-electron chi connectivity index (χ4n) is 2.73. The van der Waals surface area contributed by atoms with E-state index < -0.39 is 11.6 Å². The molecule has 1 aromatic rings. The van der Waals surface area contributed by atoms with E-state index in [9.17, 15) is 8.78 Å². The standard InChI is InChI=1S/C15H21F2NO/c1-2-7-18-11-15(5-8-19-9-6-15)13-4-3-12(16)10-14(13)17/h3-4,10,18H,2,5-9,11H2,1H3. The molecule has 0 bridgehead atoms. The lowest BCUT2D eigenvalue weighted by Gasteiger charge is -2.38. The SMILES string of the molecule is CCCNCC1(c2ccc(F)cc2F)CCOCC1. The molecule has 1 heterocycles. The average molecular weight is 269 g/mol. The number of nitrogens with one attached hydrogen (secondary N) is 1. The van der Waals surface area contributed by atoms with Crippen LogP contribution in [0.1, 0.15) is 31.7 Å². The van der Waals surface area contributed by atoms with Gasteiger partial charge in [-0.15, -0.1) is 0 Å². The summed E-state index contributed by atoms with van der Waals surface area (Å²) in [7, 11) is 0. The fraction of sp³-hybridized carbons (Fsp3) is 0.600. The van der Waals surface area contributed by atoms with Crippen LogP contribution in [0.3, 0.4) is 0 Å². The summed E-state index contributed by atoms with van der Waals surface area (Å²) in [5.41, 5.74) is 0.339. The molecule has 0 aromatic heterocycles. The van der Waals surface area contributed by atoms with Crippen molar-refractivity contribution in [2.24, 2.45) is 0 Å². The molecule has 1 N–H and O–H groups in total. The van der Waals surface area contributed by atoms with Gasteiger partial charge in [0.25, 0.3) is 0 Å². The highest BCUT2D eigenvalue weighted by Crippen LogP contribution is 2.36. The smallest absolute Gasteiger partial charge is 0.129 e. The molecule has 1 fully saturated rings. The second-order valence-corrected chi connectivity index (χ2v) is 5.19. The van der Waals surface area contributed by atoms with Crippen LogP contribution < -0.4 is 5.32 Å². The molecule has 0 spiro atoms. The van der Waals surface area contributed by atoms with Gasteiger partial charge in [0.2, 0.25) is 0 Å². The van der Waals surface area contributed by atoms with E-state index in [4.69, 9.17) is 4.74 Å².